The Balaban J connectivity index is 2.37. The highest BCUT2D eigenvalue weighted by Crippen LogP contribution is 2.30. The lowest BCUT2D eigenvalue weighted by atomic mass is 9.97. The van der Waals surface area contributed by atoms with Crippen molar-refractivity contribution < 1.29 is 23.1 Å². The van der Waals surface area contributed by atoms with Gasteiger partial charge in [0.1, 0.15) is 12.3 Å². The topological polar surface area (TPSA) is 83.9 Å². The quantitative estimate of drug-likeness (QED) is 0.890. The van der Waals surface area contributed by atoms with Crippen LogP contribution in [0.2, 0.25) is 0 Å². The first-order valence-electron chi connectivity index (χ1n) is 7.07. The summed E-state index contributed by atoms with van der Waals surface area (Å²) in [4.78, 5) is 11.1. The second-order valence-electron chi connectivity index (χ2n) is 6.60. The fourth-order valence-electron chi connectivity index (χ4n) is 2.36. The Morgan fingerprint density at radius 2 is 2.05 bits per heavy atom. The van der Waals surface area contributed by atoms with Gasteiger partial charge in [-0.05, 0) is 17.0 Å². The molecule has 1 aliphatic rings. The molecule has 0 fully saturated rings. The number of sulfonamides is 1. The molecule has 0 atom stereocenters. The second kappa shape index (κ2) is 5.89. The van der Waals surface area contributed by atoms with Gasteiger partial charge in [-0.25, -0.2) is 8.42 Å². The fraction of sp³-hybridized carbons (Fsp3) is 0.533. The van der Waals surface area contributed by atoms with Crippen molar-refractivity contribution >= 4 is 16.0 Å². The summed E-state index contributed by atoms with van der Waals surface area (Å²) in [5, 5.41) is 9.02. The molecule has 0 unspecified atom stereocenters. The van der Waals surface area contributed by atoms with Crippen LogP contribution in [0.4, 0.5) is 0 Å². The molecule has 0 saturated carbocycles. The summed E-state index contributed by atoms with van der Waals surface area (Å²) in [5.74, 6) is -0.614. The van der Waals surface area contributed by atoms with Crippen molar-refractivity contribution in [2.24, 2.45) is 5.41 Å². The molecule has 1 aromatic carbocycles. The monoisotopic (exact) mass is 327 g/mol. The van der Waals surface area contributed by atoms with Gasteiger partial charge in [-0.2, -0.15) is 4.31 Å². The summed E-state index contributed by atoms with van der Waals surface area (Å²) in [6.45, 7) is 5.70. The predicted octanol–water partition coefficient (Wildman–Crippen LogP) is 1.74. The Kier molecular flexibility index (Phi) is 4.49. The number of carbonyl (C=O) groups is 1. The Hall–Kier alpha value is -1.60. The number of benzene rings is 1. The number of hydrogen-bond donors (Lipinski definition) is 1. The van der Waals surface area contributed by atoms with Gasteiger partial charge < -0.3 is 9.84 Å². The third-order valence-corrected chi connectivity index (χ3v) is 5.06. The molecule has 22 heavy (non-hydrogen) atoms. The maximum atomic E-state index is 12.8. The number of aliphatic carboxylic acids is 1. The van der Waals surface area contributed by atoms with Crippen LogP contribution in [0.1, 0.15) is 26.3 Å². The molecule has 0 aliphatic carbocycles. The average Bonchev–Trinajstić information content (AvgIpc) is 2.82. The summed E-state index contributed by atoms with van der Waals surface area (Å²) in [5.41, 5.74) is 0.620. The van der Waals surface area contributed by atoms with Gasteiger partial charge in [0.25, 0.3) is 0 Å². The highest BCUT2D eigenvalue weighted by atomic mass is 32.2. The van der Waals surface area contributed by atoms with Crippen molar-refractivity contribution in [1.29, 1.82) is 0 Å². The molecule has 1 aromatic rings. The molecular formula is C15H21NO5S. The smallest absolute Gasteiger partial charge is 0.318 e. The molecule has 0 bridgehead atoms. The van der Waals surface area contributed by atoms with Crippen molar-refractivity contribution in [3.8, 4) is 5.75 Å². The van der Waals surface area contributed by atoms with Crippen molar-refractivity contribution in [2.75, 3.05) is 19.7 Å². The summed E-state index contributed by atoms with van der Waals surface area (Å²) in [6, 6.07) is 4.72. The maximum absolute atomic E-state index is 12.8. The lowest BCUT2D eigenvalue weighted by Crippen LogP contribution is -2.41. The molecule has 1 N–H and O–H groups in total. The first kappa shape index (κ1) is 16.8. The SMILES string of the molecule is CC(C)(C)CN(CC(=O)O)S(=O)(=O)c1ccc2c(c1)OCC2. The molecular weight excluding hydrogens is 306 g/mol. The van der Waals surface area contributed by atoms with Crippen LogP contribution in [-0.2, 0) is 21.2 Å². The average molecular weight is 327 g/mol. The van der Waals surface area contributed by atoms with E-state index in [1.165, 1.54) is 12.1 Å². The van der Waals surface area contributed by atoms with Gasteiger partial charge in [-0.1, -0.05) is 26.8 Å². The summed E-state index contributed by atoms with van der Waals surface area (Å²) >= 11 is 0. The third-order valence-electron chi connectivity index (χ3n) is 3.27. The van der Waals surface area contributed by atoms with Crippen LogP contribution < -0.4 is 4.74 Å². The van der Waals surface area contributed by atoms with E-state index >= 15 is 0 Å². The molecule has 7 heteroatoms. The third kappa shape index (κ3) is 3.78. The van der Waals surface area contributed by atoms with Crippen LogP contribution in [0.25, 0.3) is 0 Å². The molecule has 0 radical (unpaired) electrons. The van der Waals surface area contributed by atoms with E-state index < -0.39 is 22.5 Å². The molecule has 0 saturated heterocycles. The van der Waals surface area contributed by atoms with Crippen molar-refractivity contribution in [3.63, 3.8) is 0 Å². The Bertz CT molecular complexity index is 676. The van der Waals surface area contributed by atoms with E-state index in [0.717, 1.165) is 16.3 Å². The zero-order valence-electron chi connectivity index (χ0n) is 13.0. The molecule has 0 spiro atoms. The molecule has 6 nitrogen and oxygen atoms in total. The first-order chi connectivity index (χ1) is 10.1. The van der Waals surface area contributed by atoms with E-state index in [2.05, 4.69) is 0 Å². The fourth-order valence-corrected chi connectivity index (χ4v) is 3.99. The van der Waals surface area contributed by atoms with Gasteiger partial charge in [0.2, 0.25) is 10.0 Å². The van der Waals surface area contributed by atoms with Crippen molar-refractivity contribution in [1.82, 2.24) is 4.31 Å². The van der Waals surface area contributed by atoms with Crippen LogP contribution in [0.5, 0.6) is 5.75 Å². The molecule has 122 valence electrons. The minimum Gasteiger partial charge on any atom is -0.493 e. The molecule has 0 aromatic heterocycles. The van der Waals surface area contributed by atoms with Gasteiger partial charge in [-0.15, -0.1) is 0 Å². The van der Waals surface area contributed by atoms with Crippen LogP contribution in [-0.4, -0.2) is 43.5 Å². The van der Waals surface area contributed by atoms with Gasteiger partial charge in [0, 0.05) is 19.0 Å². The Morgan fingerprint density at radius 3 is 2.64 bits per heavy atom. The molecule has 2 rings (SSSR count). The van der Waals surface area contributed by atoms with Crippen molar-refractivity contribution in [3.05, 3.63) is 23.8 Å². The van der Waals surface area contributed by atoms with E-state index in [0.29, 0.717) is 12.4 Å². The molecule has 1 aliphatic heterocycles. The van der Waals surface area contributed by atoms with Crippen LogP contribution in [0, 0.1) is 5.41 Å². The van der Waals surface area contributed by atoms with E-state index in [1.54, 1.807) is 6.07 Å². The minimum atomic E-state index is -3.88. The standard InChI is InChI=1S/C15H21NO5S/c1-15(2,3)10-16(9-14(17)18)22(19,20)12-5-4-11-6-7-21-13(11)8-12/h4-5,8H,6-7,9-10H2,1-3H3,(H,17,18). The second-order valence-corrected chi connectivity index (χ2v) is 8.53. The number of ether oxygens (including phenoxy) is 1. The van der Waals surface area contributed by atoms with E-state index in [1.807, 2.05) is 20.8 Å². The van der Waals surface area contributed by atoms with E-state index in [4.69, 9.17) is 9.84 Å². The lowest BCUT2D eigenvalue weighted by molar-refractivity contribution is -0.137. The van der Waals surface area contributed by atoms with Gasteiger partial charge >= 0.3 is 5.97 Å². The number of carboxylic acids is 1. The highest BCUT2D eigenvalue weighted by Gasteiger charge is 2.31. The van der Waals surface area contributed by atoms with Crippen molar-refractivity contribution in [2.45, 2.75) is 32.1 Å². The zero-order chi connectivity index (χ0) is 16.5. The largest absolute Gasteiger partial charge is 0.493 e. The predicted molar refractivity (Wildman–Crippen MR) is 81.5 cm³/mol. The number of nitrogens with zero attached hydrogens (tertiary/aromatic N) is 1. The maximum Gasteiger partial charge on any atom is 0.318 e. The summed E-state index contributed by atoms with van der Waals surface area (Å²) in [6.07, 6.45) is 0.760. The Labute approximate surface area is 130 Å². The zero-order valence-corrected chi connectivity index (χ0v) is 13.8. The summed E-state index contributed by atoms with van der Waals surface area (Å²) in [7, 11) is -3.88. The molecule has 1 heterocycles. The normalized spacial score (nSPS) is 14.7. The number of hydrogen-bond acceptors (Lipinski definition) is 4. The number of rotatable bonds is 5. The van der Waals surface area contributed by atoms with Gasteiger partial charge in [-0.3, -0.25) is 4.79 Å². The van der Waals surface area contributed by atoms with Gasteiger partial charge in [0.05, 0.1) is 11.5 Å². The van der Waals surface area contributed by atoms with Crippen LogP contribution in [0.3, 0.4) is 0 Å². The van der Waals surface area contributed by atoms with E-state index in [-0.39, 0.29) is 16.9 Å². The number of carboxylic acid groups (broad SMARTS) is 1. The highest BCUT2D eigenvalue weighted by molar-refractivity contribution is 7.89. The molecule has 0 amide bonds. The minimum absolute atomic E-state index is 0.0682. The summed E-state index contributed by atoms with van der Waals surface area (Å²) < 4.78 is 31.9. The van der Waals surface area contributed by atoms with Crippen LogP contribution in [0.15, 0.2) is 23.1 Å². The first-order valence-corrected chi connectivity index (χ1v) is 8.51. The number of fused-ring (bicyclic) bond motifs is 1. The Morgan fingerprint density at radius 1 is 1.36 bits per heavy atom. The van der Waals surface area contributed by atoms with Gasteiger partial charge in [0.15, 0.2) is 0 Å². The lowest BCUT2D eigenvalue weighted by Gasteiger charge is -2.28. The van der Waals surface area contributed by atoms with Crippen LogP contribution >= 0.6 is 0 Å². The van der Waals surface area contributed by atoms with E-state index in [9.17, 15) is 13.2 Å².